The van der Waals surface area contributed by atoms with E-state index in [2.05, 4.69) is 0 Å². The van der Waals surface area contributed by atoms with Crippen molar-refractivity contribution in [2.24, 2.45) is 0 Å². The molecule has 1 N–H and O–H groups in total. The van der Waals surface area contributed by atoms with Gasteiger partial charge in [0.25, 0.3) is 5.91 Å². The number of carbonyl (C=O) groups is 1. The number of carbonyl (C=O) groups excluding carboxylic acids is 1. The summed E-state index contributed by atoms with van der Waals surface area (Å²) in [5, 5.41) is 9.69. The first-order chi connectivity index (χ1) is 11.1. The zero-order valence-electron chi connectivity index (χ0n) is 13.5. The van der Waals surface area contributed by atoms with Crippen LogP contribution in [0.15, 0.2) is 42.5 Å². The van der Waals surface area contributed by atoms with Crippen molar-refractivity contribution in [2.45, 2.75) is 32.8 Å². The minimum atomic E-state index is -0.557. The SMILES string of the molecule is CCCN1C(=O)C(Cc2ccc(C)cc2)Oc2cc(O)ccc21. The van der Waals surface area contributed by atoms with Crippen molar-refractivity contribution >= 4 is 11.6 Å². The van der Waals surface area contributed by atoms with Gasteiger partial charge in [0.15, 0.2) is 6.10 Å². The normalized spacial score (nSPS) is 16.9. The highest BCUT2D eigenvalue weighted by Crippen LogP contribution is 2.37. The number of phenols is 1. The number of rotatable bonds is 4. The predicted octanol–water partition coefficient (Wildman–Crippen LogP) is 3.45. The molecular weight excluding hydrogens is 290 g/mol. The first kappa shape index (κ1) is 15.4. The summed E-state index contributed by atoms with van der Waals surface area (Å²) in [4.78, 5) is 14.5. The zero-order valence-corrected chi connectivity index (χ0v) is 13.5. The van der Waals surface area contributed by atoms with Crippen LogP contribution in [0.25, 0.3) is 0 Å². The minimum absolute atomic E-state index is 0.0226. The standard InChI is InChI=1S/C19H21NO3/c1-3-10-20-16-9-8-15(21)12-17(16)23-18(19(20)22)11-14-6-4-13(2)5-7-14/h4-9,12,18,21H,3,10-11H2,1-2H3. The molecule has 0 spiro atoms. The summed E-state index contributed by atoms with van der Waals surface area (Å²) < 4.78 is 5.88. The predicted molar refractivity (Wildman–Crippen MR) is 90.0 cm³/mol. The number of phenolic OH excluding ortho intramolecular Hbond substituents is 1. The van der Waals surface area contributed by atoms with Crippen LogP contribution in [0, 0.1) is 6.92 Å². The molecule has 1 aliphatic heterocycles. The number of hydrogen-bond acceptors (Lipinski definition) is 3. The summed E-state index contributed by atoms with van der Waals surface area (Å²) in [7, 11) is 0. The van der Waals surface area contributed by atoms with Gasteiger partial charge in [-0.05, 0) is 31.0 Å². The van der Waals surface area contributed by atoms with Crippen molar-refractivity contribution in [2.75, 3.05) is 11.4 Å². The lowest BCUT2D eigenvalue weighted by Crippen LogP contribution is -2.47. The van der Waals surface area contributed by atoms with Crippen LogP contribution in [0.2, 0.25) is 0 Å². The third kappa shape index (κ3) is 3.16. The van der Waals surface area contributed by atoms with E-state index in [0.29, 0.717) is 18.7 Å². The van der Waals surface area contributed by atoms with Crippen molar-refractivity contribution in [1.29, 1.82) is 0 Å². The number of aryl methyl sites for hydroxylation is 1. The van der Waals surface area contributed by atoms with Gasteiger partial charge in [-0.2, -0.15) is 0 Å². The number of aromatic hydroxyl groups is 1. The van der Waals surface area contributed by atoms with Crippen LogP contribution in [0.4, 0.5) is 5.69 Å². The van der Waals surface area contributed by atoms with Crippen LogP contribution in [-0.4, -0.2) is 23.7 Å². The second-order valence-electron chi connectivity index (χ2n) is 5.94. The van der Waals surface area contributed by atoms with Crippen LogP contribution in [0.1, 0.15) is 24.5 Å². The highest BCUT2D eigenvalue weighted by Gasteiger charge is 2.34. The molecule has 0 aromatic heterocycles. The summed E-state index contributed by atoms with van der Waals surface area (Å²) in [6.07, 6.45) is 0.830. The lowest BCUT2D eigenvalue weighted by Gasteiger charge is -2.34. The average Bonchev–Trinajstić information content (AvgIpc) is 2.53. The molecule has 2 aromatic carbocycles. The van der Waals surface area contributed by atoms with Gasteiger partial charge in [0.2, 0.25) is 0 Å². The molecule has 120 valence electrons. The number of anilines is 1. The third-order valence-corrected chi connectivity index (χ3v) is 4.03. The van der Waals surface area contributed by atoms with Crippen LogP contribution >= 0.6 is 0 Å². The Hall–Kier alpha value is -2.49. The van der Waals surface area contributed by atoms with Crippen LogP contribution in [0.5, 0.6) is 11.5 Å². The summed E-state index contributed by atoms with van der Waals surface area (Å²) in [5.41, 5.74) is 2.98. The highest BCUT2D eigenvalue weighted by atomic mass is 16.5. The first-order valence-corrected chi connectivity index (χ1v) is 7.95. The second-order valence-corrected chi connectivity index (χ2v) is 5.94. The smallest absolute Gasteiger partial charge is 0.268 e. The van der Waals surface area contributed by atoms with E-state index in [9.17, 15) is 9.90 Å². The van der Waals surface area contributed by atoms with E-state index in [4.69, 9.17) is 4.74 Å². The van der Waals surface area contributed by atoms with Gasteiger partial charge in [-0.3, -0.25) is 4.79 Å². The molecule has 1 amide bonds. The van der Waals surface area contributed by atoms with E-state index in [1.165, 1.54) is 5.56 Å². The van der Waals surface area contributed by atoms with Crippen molar-refractivity contribution < 1.29 is 14.6 Å². The van der Waals surface area contributed by atoms with Crippen LogP contribution < -0.4 is 9.64 Å². The van der Waals surface area contributed by atoms with E-state index in [1.54, 1.807) is 23.1 Å². The highest BCUT2D eigenvalue weighted by molar-refractivity contribution is 6.00. The topological polar surface area (TPSA) is 49.8 Å². The Bertz CT molecular complexity index is 709. The second kappa shape index (κ2) is 6.32. The molecule has 0 aliphatic carbocycles. The van der Waals surface area contributed by atoms with Gasteiger partial charge in [0.05, 0.1) is 5.69 Å². The molecule has 2 aromatic rings. The number of amides is 1. The third-order valence-electron chi connectivity index (χ3n) is 4.03. The van der Waals surface area contributed by atoms with E-state index in [-0.39, 0.29) is 11.7 Å². The molecule has 23 heavy (non-hydrogen) atoms. The quantitative estimate of drug-likeness (QED) is 0.941. The first-order valence-electron chi connectivity index (χ1n) is 7.95. The molecule has 0 saturated heterocycles. The lowest BCUT2D eigenvalue weighted by atomic mass is 10.0. The van der Waals surface area contributed by atoms with Gasteiger partial charge in [-0.1, -0.05) is 36.8 Å². The molecule has 0 bridgehead atoms. The Balaban J connectivity index is 1.90. The molecule has 4 heteroatoms. The number of benzene rings is 2. The Morgan fingerprint density at radius 2 is 1.91 bits per heavy atom. The number of nitrogens with zero attached hydrogens (tertiary/aromatic N) is 1. The maximum atomic E-state index is 12.8. The Morgan fingerprint density at radius 1 is 1.17 bits per heavy atom. The number of fused-ring (bicyclic) bond motifs is 1. The van der Waals surface area contributed by atoms with Crippen molar-refractivity contribution in [3.63, 3.8) is 0 Å². The van der Waals surface area contributed by atoms with Crippen LogP contribution in [0.3, 0.4) is 0 Å². The van der Waals surface area contributed by atoms with E-state index in [0.717, 1.165) is 17.7 Å². The molecular formula is C19H21NO3. The monoisotopic (exact) mass is 311 g/mol. The molecule has 4 nitrogen and oxygen atoms in total. The Morgan fingerprint density at radius 3 is 2.61 bits per heavy atom. The molecule has 0 fully saturated rings. The summed E-state index contributed by atoms with van der Waals surface area (Å²) >= 11 is 0. The van der Waals surface area contributed by atoms with E-state index >= 15 is 0 Å². The van der Waals surface area contributed by atoms with Crippen LogP contribution in [-0.2, 0) is 11.2 Å². The lowest BCUT2D eigenvalue weighted by molar-refractivity contribution is -0.126. The summed E-state index contributed by atoms with van der Waals surface area (Å²) in [5.74, 6) is 0.685. The maximum absolute atomic E-state index is 12.8. The average molecular weight is 311 g/mol. The van der Waals surface area contributed by atoms with Gasteiger partial charge in [-0.15, -0.1) is 0 Å². The number of ether oxygens (including phenoxy) is 1. The Kier molecular flexibility index (Phi) is 4.24. The van der Waals surface area contributed by atoms with E-state index in [1.807, 2.05) is 38.1 Å². The van der Waals surface area contributed by atoms with Crippen molar-refractivity contribution in [3.05, 3.63) is 53.6 Å². The largest absolute Gasteiger partial charge is 0.508 e. The minimum Gasteiger partial charge on any atom is -0.508 e. The molecule has 0 saturated carbocycles. The van der Waals surface area contributed by atoms with Gasteiger partial charge < -0.3 is 14.7 Å². The summed E-state index contributed by atoms with van der Waals surface area (Å²) in [6, 6.07) is 13.0. The Labute approximate surface area is 136 Å². The molecule has 1 heterocycles. The molecule has 1 unspecified atom stereocenters. The fourth-order valence-corrected chi connectivity index (χ4v) is 2.84. The van der Waals surface area contributed by atoms with E-state index < -0.39 is 6.10 Å². The molecule has 0 radical (unpaired) electrons. The fourth-order valence-electron chi connectivity index (χ4n) is 2.84. The van der Waals surface area contributed by atoms with Gasteiger partial charge >= 0.3 is 0 Å². The van der Waals surface area contributed by atoms with Gasteiger partial charge in [-0.25, -0.2) is 0 Å². The van der Waals surface area contributed by atoms with Gasteiger partial charge in [0.1, 0.15) is 11.5 Å². The maximum Gasteiger partial charge on any atom is 0.268 e. The fraction of sp³-hybridized carbons (Fsp3) is 0.316. The molecule has 1 aliphatic rings. The molecule has 1 atom stereocenters. The van der Waals surface area contributed by atoms with Crippen molar-refractivity contribution in [3.8, 4) is 11.5 Å². The zero-order chi connectivity index (χ0) is 16.4. The van der Waals surface area contributed by atoms with Crippen molar-refractivity contribution in [1.82, 2.24) is 0 Å². The summed E-state index contributed by atoms with van der Waals surface area (Å²) in [6.45, 7) is 4.72. The molecule has 3 rings (SSSR count). The number of hydrogen-bond donors (Lipinski definition) is 1. The van der Waals surface area contributed by atoms with Gasteiger partial charge in [0, 0.05) is 19.0 Å².